The molecule has 0 aliphatic carbocycles. The van der Waals surface area contributed by atoms with Crippen molar-refractivity contribution < 1.29 is 27.8 Å². The molecule has 2 aromatic carbocycles. The second-order valence-corrected chi connectivity index (χ2v) is 9.94. The van der Waals surface area contributed by atoms with E-state index in [1.807, 2.05) is 19.1 Å². The molecule has 0 fully saturated rings. The number of nitrogens with zero attached hydrogens (tertiary/aromatic N) is 2. The van der Waals surface area contributed by atoms with Crippen molar-refractivity contribution in [1.82, 2.24) is 10.3 Å². The zero-order chi connectivity index (χ0) is 26.7. The monoisotopic (exact) mass is 528 g/mol. The van der Waals surface area contributed by atoms with Gasteiger partial charge in [0.25, 0.3) is 10.0 Å². The number of hydrogen-bond acceptors (Lipinski definition) is 8. The van der Waals surface area contributed by atoms with E-state index >= 15 is 0 Å². The Morgan fingerprint density at radius 1 is 1.08 bits per heavy atom. The third-order valence-electron chi connectivity index (χ3n) is 5.29. The highest BCUT2D eigenvalue weighted by Gasteiger charge is 2.30. The molecule has 1 amide bonds. The van der Waals surface area contributed by atoms with Crippen LogP contribution in [0.1, 0.15) is 12.0 Å². The minimum Gasteiger partial charge on any atom is -0.495 e. The van der Waals surface area contributed by atoms with Gasteiger partial charge in [0.05, 0.1) is 12.8 Å². The molecule has 1 heterocycles. The number of aliphatic hydroxyl groups is 1. The summed E-state index contributed by atoms with van der Waals surface area (Å²) in [4.78, 5) is 16.6. The summed E-state index contributed by atoms with van der Waals surface area (Å²) in [5.41, 5.74) is 1.95. The number of aryl methyl sites for hydroxylation is 1. The maximum absolute atomic E-state index is 13.8. The van der Waals surface area contributed by atoms with E-state index in [2.05, 4.69) is 15.6 Å². The van der Waals surface area contributed by atoms with Gasteiger partial charge in [-0.15, -0.1) is 0 Å². The number of sulfonamides is 1. The highest BCUT2D eigenvalue weighted by molar-refractivity contribution is 7.93. The molecule has 0 unspecified atom stereocenters. The summed E-state index contributed by atoms with van der Waals surface area (Å²) in [7, 11) is -2.81. The number of ether oxygens (including phenoxy) is 2. The Bertz CT molecular complexity index is 1270. The van der Waals surface area contributed by atoms with Crippen molar-refractivity contribution in [2.24, 2.45) is 0 Å². The first kappa shape index (κ1) is 27.8. The summed E-state index contributed by atoms with van der Waals surface area (Å²) >= 11 is 0. The highest BCUT2D eigenvalue weighted by atomic mass is 32.2. The maximum atomic E-state index is 13.8. The maximum Gasteiger partial charge on any atom is 0.268 e. The number of benzene rings is 2. The van der Waals surface area contributed by atoms with Crippen LogP contribution in [0, 0.1) is 6.92 Å². The molecule has 0 radical (unpaired) electrons. The zero-order valence-electron chi connectivity index (χ0n) is 20.9. The number of para-hydroxylation sites is 1. The van der Waals surface area contributed by atoms with Crippen LogP contribution in [0.5, 0.6) is 11.5 Å². The second kappa shape index (κ2) is 13.5. The number of carbonyl (C=O) groups excluding carboxylic acids is 1. The third-order valence-corrected chi connectivity index (χ3v) is 7.10. The molecule has 198 valence electrons. The van der Waals surface area contributed by atoms with E-state index in [9.17, 15) is 13.2 Å². The number of hydrogen-bond donors (Lipinski definition) is 3. The fourth-order valence-corrected chi connectivity index (χ4v) is 5.11. The van der Waals surface area contributed by atoms with Crippen LogP contribution in [0.4, 0.5) is 11.4 Å². The van der Waals surface area contributed by atoms with Crippen molar-refractivity contribution in [3.63, 3.8) is 0 Å². The summed E-state index contributed by atoms with van der Waals surface area (Å²) in [6.07, 6.45) is 3.74. The van der Waals surface area contributed by atoms with Crippen LogP contribution in [0.3, 0.4) is 0 Å². The first-order valence-corrected chi connectivity index (χ1v) is 13.2. The molecule has 10 nitrogen and oxygen atoms in total. The van der Waals surface area contributed by atoms with Crippen LogP contribution in [-0.2, 0) is 14.8 Å². The lowest BCUT2D eigenvalue weighted by Gasteiger charge is -2.26. The number of anilines is 2. The second-order valence-electron chi connectivity index (χ2n) is 8.11. The third kappa shape index (κ3) is 7.83. The minimum atomic E-state index is -4.19. The Labute approximate surface area is 217 Å². The van der Waals surface area contributed by atoms with E-state index in [4.69, 9.17) is 14.6 Å². The normalized spacial score (nSPS) is 11.0. The van der Waals surface area contributed by atoms with Crippen LogP contribution in [0.15, 0.2) is 71.9 Å². The molecular weight excluding hydrogens is 496 g/mol. The van der Waals surface area contributed by atoms with Gasteiger partial charge in [0.1, 0.15) is 29.5 Å². The number of nitrogens with one attached hydrogen (secondary N) is 2. The van der Waals surface area contributed by atoms with Crippen LogP contribution in [0.25, 0.3) is 0 Å². The topological polar surface area (TPSA) is 130 Å². The largest absolute Gasteiger partial charge is 0.495 e. The highest BCUT2D eigenvalue weighted by Crippen LogP contribution is 2.32. The minimum absolute atomic E-state index is 0.0637. The van der Waals surface area contributed by atoms with Crippen molar-refractivity contribution in [2.75, 3.05) is 49.6 Å². The van der Waals surface area contributed by atoms with Crippen LogP contribution in [-0.4, -0.2) is 64.4 Å². The number of methoxy groups -OCH3 is 1. The molecule has 3 aromatic rings. The summed E-state index contributed by atoms with van der Waals surface area (Å²) < 4.78 is 39.8. The van der Waals surface area contributed by atoms with Gasteiger partial charge in [0.2, 0.25) is 5.91 Å². The van der Waals surface area contributed by atoms with E-state index in [0.29, 0.717) is 25.3 Å². The van der Waals surface area contributed by atoms with Gasteiger partial charge in [-0.25, -0.2) is 8.42 Å². The lowest BCUT2D eigenvalue weighted by Crippen LogP contribution is -2.41. The Morgan fingerprint density at radius 3 is 2.57 bits per heavy atom. The number of amides is 1. The quantitative estimate of drug-likeness (QED) is 0.272. The average Bonchev–Trinajstić information content (AvgIpc) is 2.90. The lowest BCUT2D eigenvalue weighted by molar-refractivity contribution is -0.119. The van der Waals surface area contributed by atoms with E-state index in [0.717, 1.165) is 15.6 Å². The van der Waals surface area contributed by atoms with E-state index in [1.165, 1.54) is 13.2 Å². The van der Waals surface area contributed by atoms with Crippen molar-refractivity contribution in [1.29, 1.82) is 0 Å². The summed E-state index contributed by atoms with van der Waals surface area (Å²) in [6.45, 7) is 2.34. The molecule has 0 bridgehead atoms. The molecule has 0 aliphatic heterocycles. The summed E-state index contributed by atoms with van der Waals surface area (Å²) in [5.74, 6) is 0.129. The molecule has 0 spiro atoms. The molecule has 0 saturated heterocycles. The van der Waals surface area contributed by atoms with Gasteiger partial charge in [-0.05, 0) is 55.3 Å². The Balaban J connectivity index is 1.87. The molecule has 3 rings (SSSR count). The molecule has 37 heavy (non-hydrogen) atoms. The van der Waals surface area contributed by atoms with Crippen molar-refractivity contribution in [3.8, 4) is 11.5 Å². The Morgan fingerprint density at radius 2 is 1.84 bits per heavy atom. The predicted octanol–water partition coefficient (Wildman–Crippen LogP) is 2.58. The number of rotatable bonds is 14. The average molecular weight is 529 g/mol. The number of carbonyl (C=O) groups is 1. The SMILES string of the molecule is COc1ccccc1S(=O)(=O)N(CC(=O)NCCCO)c1cc(C)cc(OCCNc2ccncc2)c1. The van der Waals surface area contributed by atoms with Crippen LogP contribution in [0.2, 0.25) is 0 Å². The van der Waals surface area contributed by atoms with E-state index < -0.39 is 22.5 Å². The zero-order valence-corrected chi connectivity index (χ0v) is 21.7. The standard InChI is InChI=1S/C26H32N4O6S/c1-20-16-22(18-23(17-20)36-15-13-28-21-8-11-27-12-9-21)30(19-26(32)29-10-5-14-31)37(33,34)25-7-4-3-6-24(25)35-2/h3-4,6-9,11-12,16-18,31H,5,10,13-15,19H2,1-2H3,(H,27,28)(H,29,32). The Hall–Kier alpha value is -3.83. The number of aromatic nitrogens is 1. The predicted molar refractivity (Wildman–Crippen MR) is 142 cm³/mol. The van der Waals surface area contributed by atoms with Crippen molar-refractivity contribution >= 4 is 27.3 Å². The van der Waals surface area contributed by atoms with Gasteiger partial charge >= 0.3 is 0 Å². The number of pyridine rings is 1. The van der Waals surface area contributed by atoms with Gasteiger partial charge in [0, 0.05) is 43.8 Å². The van der Waals surface area contributed by atoms with Crippen molar-refractivity contribution in [3.05, 3.63) is 72.6 Å². The first-order chi connectivity index (χ1) is 17.8. The molecule has 3 N–H and O–H groups in total. The lowest BCUT2D eigenvalue weighted by atomic mass is 10.2. The van der Waals surface area contributed by atoms with Gasteiger partial charge < -0.3 is 25.2 Å². The molecule has 11 heteroatoms. The van der Waals surface area contributed by atoms with Gasteiger partial charge in [-0.1, -0.05) is 12.1 Å². The number of aliphatic hydroxyl groups excluding tert-OH is 1. The van der Waals surface area contributed by atoms with Gasteiger partial charge in [-0.2, -0.15) is 0 Å². The first-order valence-electron chi connectivity index (χ1n) is 11.8. The van der Waals surface area contributed by atoms with E-state index in [1.54, 1.807) is 48.8 Å². The smallest absolute Gasteiger partial charge is 0.268 e. The molecular formula is C26H32N4O6S. The molecule has 0 saturated carbocycles. The summed E-state index contributed by atoms with van der Waals surface area (Å²) in [5, 5.41) is 14.9. The summed E-state index contributed by atoms with van der Waals surface area (Å²) in [6, 6.07) is 15.0. The van der Waals surface area contributed by atoms with Crippen LogP contribution < -0.4 is 24.4 Å². The van der Waals surface area contributed by atoms with Gasteiger partial charge in [0.15, 0.2) is 0 Å². The van der Waals surface area contributed by atoms with Crippen LogP contribution >= 0.6 is 0 Å². The van der Waals surface area contributed by atoms with Gasteiger partial charge in [-0.3, -0.25) is 14.1 Å². The molecule has 0 aliphatic rings. The molecule has 0 atom stereocenters. The van der Waals surface area contributed by atoms with Crippen molar-refractivity contribution in [2.45, 2.75) is 18.2 Å². The Kier molecular flexibility index (Phi) is 10.1. The fraction of sp³-hybridized carbons (Fsp3) is 0.308. The van der Waals surface area contributed by atoms with E-state index in [-0.39, 0.29) is 29.5 Å². The fourth-order valence-electron chi connectivity index (χ4n) is 3.55. The molecule has 1 aromatic heterocycles.